The number of halogens is 1. The van der Waals surface area contributed by atoms with Gasteiger partial charge in [0.2, 0.25) is 5.91 Å². The number of para-hydroxylation sites is 1. The van der Waals surface area contributed by atoms with Gasteiger partial charge in [0.05, 0.1) is 24.8 Å². The van der Waals surface area contributed by atoms with Crippen molar-refractivity contribution in [3.05, 3.63) is 89.7 Å². The highest BCUT2D eigenvalue weighted by Gasteiger charge is 2.39. The van der Waals surface area contributed by atoms with Gasteiger partial charge in [0.25, 0.3) is 11.8 Å². The SMILES string of the molecule is COc1ccc(N2C(=O)CC(NNC(=O)c3ccccc3OCc3ccc(F)cc3)C2=O)cc1. The highest BCUT2D eigenvalue weighted by atomic mass is 19.1. The fourth-order valence-corrected chi connectivity index (χ4v) is 3.49. The van der Waals surface area contributed by atoms with Crippen LogP contribution in [0, 0.1) is 5.82 Å². The molecule has 0 aliphatic carbocycles. The lowest BCUT2D eigenvalue weighted by atomic mass is 10.2. The molecule has 0 bridgehead atoms. The van der Waals surface area contributed by atoms with E-state index in [1.165, 1.54) is 19.2 Å². The Morgan fingerprint density at radius 1 is 1.03 bits per heavy atom. The highest BCUT2D eigenvalue weighted by Crippen LogP contribution is 2.25. The van der Waals surface area contributed by atoms with E-state index in [-0.39, 0.29) is 30.3 Å². The van der Waals surface area contributed by atoms with E-state index < -0.39 is 17.9 Å². The number of ether oxygens (including phenoxy) is 2. The molecule has 2 N–H and O–H groups in total. The number of amides is 3. The Morgan fingerprint density at radius 2 is 1.74 bits per heavy atom. The lowest BCUT2D eigenvalue weighted by Gasteiger charge is -2.17. The van der Waals surface area contributed by atoms with Crippen molar-refractivity contribution in [1.29, 1.82) is 0 Å². The van der Waals surface area contributed by atoms with Crippen molar-refractivity contribution in [3.8, 4) is 11.5 Å². The van der Waals surface area contributed by atoms with Crippen LogP contribution in [0.3, 0.4) is 0 Å². The van der Waals surface area contributed by atoms with Crippen LogP contribution in [0.1, 0.15) is 22.3 Å². The molecule has 1 aliphatic heterocycles. The van der Waals surface area contributed by atoms with Crippen LogP contribution in [0.4, 0.5) is 10.1 Å². The van der Waals surface area contributed by atoms with E-state index in [9.17, 15) is 18.8 Å². The average Bonchev–Trinajstić information content (AvgIpc) is 3.15. The van der Waals surface area contributed by atoms with Gasteiger partial charge in [-0.15, -0.1) is 0 Å². The van der Waals surface area contributed by atoms with Crippen LogP contribution in [0.5, 0.6) is 11.5 Å². The number of rotatable bonds is 8. The van der Waals surface area contributed by atoms with Crippen LogP contribution in [0.2, 0.25) is 0 Å². The lowest BCUT2D eigenvalue weighted by Crippen LogP contribution is -2.48. The Bertz CT molecular complexity index is 1200. The molecule has 1 aliphatic rings. The molecule has 34 heavy (non-hydrogen) atoms. The first kappa shape index (κ1) is 22.9. The molecule has 1 fully saturated rings. The number of nitrogens with zero attached hydrogens (tertiary/aromatic N) is 1. The van der Waals surface area contributed by atoms with Gasteiger partial charge in [-0.3, -0.25) is 19.8 Å². The third kappa shape index (κ3) is 5.05. The van der Waals surface area contributed by atoms with Crippen LogP contribution < -0.4 is 25.2 Å². The summed E-state index contributed by atoms with van der Waals surface area (Å²) in [5.74, 6) is -0.816. The third-order valence-electron chi connectivity index (χ3n) is 5.28. The summed E-state index contributed by atoms with van der Waals surface area (Å²) in [5.41, 5.74) is 6.54. The zero-order valence-electron chi connectivity index (χ0n) is 18.3. The Labute approximate surface area is 195 Å². The van der Waals surface area contributed by atoms with Crippen molar-refractivity contribution >= 4 is 23.4 Å². The van der Waals surface area contributed by atoms with Gasteiger partial charge in [-0.05, 0) is 54.1 Å². The quantitative estimate of drug-likeness (QED) is 0.394. The molecule has 3 aromatic rings. The minimum atomic E-state index is -0.911. The van der Waals surface area contributed by atoms with Crippen LogP contribution >= 0.6 is 0 Å². The normalized spacial score (nSPS) is 15.4. The minimum absolute atomic E-state index is 0.103. The van der Waals surface area contributed by atoms with E-state index in [2.05, 4.69) is 10.9 Å². The average molecular weight is 463 g/mol. The molecule has 9 heteroatoms. The molecule has 0 radical (unpaired) electrons. The standard InChI is InChI=1S/C25H22FN3O5/c1-33-19-12-10-18(11-13-19)29-23(30)14-21(25(29)32)27-28-24(31)20-4-2-3-5-22(20)34-15-16-6-8-17(26)9-7-16/h2-13,21,27H,14-15H2,1H3,(H,28,31). The summed E-state index contributed by atoms with van der Waals surface area (Å²) in [6.07, 6.45) is -0.103. The van der Waals surface area contributed by atoms with Crippen molar-refractivity contribution in [2.45, 2.75) is 19.1 Å². The maximum Gasteiger partial charge on any atom is 0.269 e. The van der Waals surface area contributed by atoms with Crippen molar-refractivity contribution in [3.63, 3.8) is 0 Å². The second kappa shape index (κ2) is 10.1. The van der Waals surface area contributed by atoms with Gasteiger partial charge < -0.3 is 9.47 Å². The third-order valence-corrected chi connectivity index (χ3v) is 5.28. The topological polar surface area (TPSA) is 97.0 Å². The van der Waals surface area contributed by atoms with Crippen molar-refractivity contribution in [2.75, 3.05) is 12.0 Å². The van der Waals surface area contributed by atoms with E-state index in [1.807, 2.05) is 0 Å². The number of hydrazine groups is 1. The van der Waals surface area contributed by atoms with Gasteiger partial charge in [-0.2, -0.15) is 0 Å². The largest absolute Gasteiger partial charge is 0.497 e. The van der Waals surface area contributed by atoms with Gasteiger partial charge in [-0.1, -0.05) is 24.3 Å². The van der Waals surface area contributed by atoms with Crippen LogP contribution in [-0.4, -0.2) is 30.9 Å². The van der Waals surface area contributed by atoms with Gasteiger partial charge in [0.1, 0.15) is 30.0 Å². The van der Waals surface area contributed by atoms with Crippen LogP contribution in [0.15, 0.2) is 72.8 Å². The number of nitrogens with one attached hydrogen (secondary N) is 2. The zero-order valence-corrected chi connectivity index (χ0v) is 18.3. The number of carbonyl (C=O) groups is 3. The predicted octanol–water partition coefficient (Wildman–Crippen LogP) is 2.98. The molecule has 3 amide bonds. The number of methoxy groups -OCH3 is 1. The Balaban J connectivity index is 1.38. The summed E-state index contributed by atoms with van der Waals surface area (Å²) >= 11 is 0. The molecule has 8 nitrogen and oxygen atoms in total. The molecular weight excluding hydrogens is 441 g/mol. The van der Waals surface area contributed by atoms with Gasteiger partial charge in [-0.25, -0.2) is 14.7 Å². The first-order valence-corrected chi connectivity index (χ1v) is 10.5. The summed E-state index contributed by atoms with van der Waals surface area (Å²) < 4.78 is 23.9. The van der Waals surface area contributed by atoms with Crippen LogP contribution in [-0.2, 0) is 16.2 Å². The molecule has 1 unspecified atom stereocenters. The Morgan fingerprint density at radius 3 is 2.44 bits per heavy atom. The number of hydrogen-bond donors (Lipinski definition) is 2. The molecule has 3 aromatic carbocycles. The van der Waals surface area contributed by atoms with Crippen molar-refractivity contribution in [2.24, 2.45) is 0 Å². The molecule has 174 valence electrons. The Hall–Kier alpha value is -4.24. The molecular formula is C25H22FN3O5. The lowest BCUT2D eigenvalue weighted by molar-refractivity contribution is -0.121. The summed E-state index contributed by atoms with van der Waals surface area (Å²) in [6, 6.07) is 18.1. The number of imide groups is 1. The van der Waals surface area contributed by atoms with Crippen molar-refractivity contribution in [1.82, 2.24) is 10.9 Å². The summed E-state index contributed by atoms with van der Waals surface area (Å²) in [4.78, 5) is 39.1. The smallest absolute Gasteiger partial charge is 0.269 e. The van der Waals surface area contributed by atoms with E-state index in [1.54, 1.807) is 60.7 Å². The van der Waals surface area contributed by atoms with Crippen LogP contribution in [0.25, 0.3) is 0 Å². The predicted molar refractivity (Wildman–Crippen MR) is 122 cm³/mol. The molecule has 0 spiro atoms. The summed E-state index contributed by atoms with van der Waals surface area (Å²) in [7, 11) is 1.52. The first-order valence-electron chi connectivity index (χ1n) is 10.5. The van der Waals surface area contributed by atoms with E-state index >= 15 is 0 Å². The highest BCUT2D eigenvalue weighted by molar-refractivity contribution is 6.22. The van der Waals surface area contributed by atoms with Crippen molar-refractivity contribution < 1.29 is 28.2 Å². The Kier molecular flexibility index (Phi) is 6.84. The molecule has 0 aromatic heterocycles. The molecule has 1 saturated heterocycles. The first-order chi connectivity index (χ1) is 16.5. The maximum atomic E-state index is 13.1. The van der Waals surface area contributed by atoms with E-state index in [4.69, 9.17) is 9.47 Å². The number of benzene rings is 3. The van der Waals surface area contributed by atoms with Gasteiger partial charge >= 0.3 is 0 Å². The van der Waals surface area contributed by atoms with Gasteiger partial charge in [0, 0.05) is 0 Å². The summed E-state index contributed by atoms with van der Waals surface area (Å²) in [5, 5.41) is 0. The summed E-state index contributed by atoms with van der Waals surface area (Å²) in [6.45, 7) is 0.143. The number of carbonyl (C=O) groups excluding carboxylic acids is 3. The van der Waals surface area contributed by atoms with E-state index in [0.717, 1.165) is 10.5 Å². The molecule has 1 atom stereocenters. The molecule has 1 heterocycles. The fraction of sp³-hybridized carbons (Fsp3) is 0.160. The zero-order chi connectivity index (χ0) is 24.1. The molecule has 0 saturated carbocycles. The number of anilines is 1. The minimum Gasteiger partial charge on any atom is -0.497 e. The molecule has 4 rings (SSSR count). The maximum absolute atomic E-state index is 13.1. The monoisotopic (exact) mass is 463 g/mol. The van der Waals surface area contributed by atoms with E-state index in [0.29, 0.717) is 17.2 Å². The fourth-order valence-electron chi connectivity index (χ4n) is 3.49. The second-order valence-electron chi connectivity index (χ2n) is 7.53. The van der Waals surface area contributed by atoms with Gasteiger partial charge in [0.15, 0.2) is 0 Å². The number of hydrogen-bond acceptors (Lipinski definition) is 6. The second-order valence-corrected chi connectivity index (χ2v) is 7.53.